The van der Waals surface area contributed by atoms with Gasteiger partial charge in [-0.1, -0.05) is 36.8 Å². The van der Waals surface area contributed by atoms with Crippen molar-refractivity contribution in [3.63, 3.8) is 0 Å². The summed E-state index contributed by atoms with van der Waals surface area (Å²) in [4.78, 5) is 23.3. The molecule has 1 atom stereocenters. The molecule has 2 aromatic carbocycles. The van der Waals surface area contributed by atoms with Crippen molar-refractivity contribution in [2.75, 3.05) is 12.4 Å². The van der Waals surface area contributed by atoms with Gasteiger partial charge < -0.3 is 14.8 Å². The van der Waals surface area contributed by atoms with Gasteiger partial charge in [0.1, 0.15) is 11.9 Å². The summed E-state index contributed by atoms with van der Waals surface area (Å²) in [5.74, 6) is 0.618. The smallest absolute Gasteiger partial charge is 0.305 e. The van der Waals surface area contributed by atoms with Gasteiger partial charge in [0.2, 0.25) is 5.91 Å². The number of rotatable bonds is 9. The SMILES string of the molecule is COC(=O)CCCCCc1cccc(C(C)Oc2ccc3c(c2)NC(=O)C3(C)C)c1. The maximum atomic E-state index is 12.1. The molecule has 5 nitrogen and oxygen atoms in total. The zero-order valence-corrected chi connectivity index (χ0v) is 18.3. The van der Waals surface area contributed by atoms with Crippen LogP contribution in [0.25, 0.3) is 0 Å². The average molecular weight is 410 g/mol. The van der Waals surface area contributed by atoms with Gasteiger partial charge in [0, 0.05) is 18.2 Å². The second kappa shape index (κ2) is 9.33. The van der Waals surface area contributed by atoms with E-state index in [9.17, 15) is 9.59 Å². The van der Waals surface area contributed by atoms with Crippen molar-refractivity contribution in [1.29, 1.82) is 0 Å². The van der Waals surface area contributed by atoms with Gasteiger partial charge in [-0.05, 0) is 62.8 Å². The first-order chi connectivity index (χ1) is 14.3. The zero-order valence-electron chi connectivity index (χ0n) is 18.3. The molecule has 1 N–H and O–H groups in total. The maximum Gasteiger partial charge on any atom is 0.305 e. The number of esters is 1. The Balaban J connectivity index is 1.57. The molecule has 3 rings (SSSR count). The first kappa shape index (κ1) is 21.9. The fourth-order valence-corrected chi connectivity index (χ4v) is 3.80. The summed E-state index contributed by atoms with van der Waals surface area (Å²) in [6.07, 6.45) is 4.25. The van der Waals surface area contributed by atoms with Crippen molar-refractivity contribution in [3.05, 3.63) is 59.2 Å². The van der Waals surface area contributed by atoms with Gasteiger partial charge in [0.15, 0.2) is 0 Å². The molecular weight excluding hydrogens is 378 g/mol. The Kier molecular flexibility index (Phi) is 6.80. The van der Waals surface area contributed by atoms with Crippen LogP contribution in [-0.2, 0) is 26.2 Å². The fourth-order valence-electron chi connectivity index (χ4n) is 3.80. The summed E-state index contributed by atoms with van der Waals surface area (Å²) in [6, 6.07) is 14.3. The number of nitrogens with one attached hydrogen (secondary N) is 1. The number of carbonyl (C=O) groups is 2. The number of methoxy groups -OCH3 is 1. The molecule has 1 heterocycles. The van der Waals surface area contributed by atoms with Crippen LogP contribution in [0.2, 0.25) is 0 Å². The maximum absolute atomic E-state index is 12.1. The molecule has 0 radical (unpaired) electrons. The van der Waals surface area contributed by atoms with E-state index in [0.29, 0.717) is 6.42 Å². The molecule has 5 heteroatoms. The van der Waals surface area contributed by atoms with Gasteiger partial charge in [-0.3, -0.25) is 9.59 Å². The van der Waals surface area contributed by atoms with E-state index in [1.807, 2.05) is 39.0 Å². The molecular formula is C25H31NO4. The van der Waals surface area contributed by atoms with Crippen molar-refractivity contribution in [2.45, 2.75) is 64.4 Å². The minimum absolute atomic E-state index is 0.0157. The summed E-state index contributed by atoms with van der Waals surface area (Å²) >= 11 is 0. The second-order valence-electron chi connectivity index (χ2n) is 8.43. The molecule has 0 aliphatic carbocycles. The Bertz CT molecular complexity index is 919. The van der Waals surface area contributed by atoms with Gasteiger partial charge in [0.25, 0.3) is 0 Å². The summed E-state index contributed by atoms with van der Waals surface area (Å²) in [5, 5.41) is 2.95. The molecule has 1 amide bonds. The van der Waals surface area contributed by atoms with Crippen LogP contribution in [0.4, 0.5) is 5.69 Å². The minimum Gasteiger partial charge on any atom is -0.486 e. The largest absolute Gasteiger partial charge is 0.486 e. The quantitative estimate of drug-likeness (QED) is 0.449. The van der Waals surface area contributed by atoms with E-state index in [-0.39, 0.29) is 18.0 Å². The van der Waals surface area contributed by atoms with Crippen molar-refractivity contribution in [2.24, 2.45) is 0 Å². The highest BCUT2D eigenvalue weighted by molar-refractivity contribution is 6.05. The van der Waals surface area contributed by atoms with Crippen LogP contribution in [-0.4, -0.2) is 19.0 Å². The molecule has 0 aromatic heterocycles. The van der Waals surface area contributed by atoms with Crippen LogP contribution in [0.3, 0.4) is 0 Å². The first-order valence-corrected chi connectivity index (χ1v) is 10.6. The number of amides is 1. The van der Waals surface area contributed by atoms with Crippen LogP contribution < -0.4 is 10.1 Å². The Hall–Kier alpha value is -2.82. The minimum atomic E-state index is -0.509. The molecule has 0 spiro atoms. The standard InChI is InChI=1S/C25H31NO4/c1-17(30-20-13-14-21-22(16-20)26-24(28)25(21,2)3)19-11-8-10-18(15-19)9-6-5-7-12-23(27)29-4/h8,10-11,13-17H,5-7,9,12H2,1-4H3,(H,26,28). The lowest BCUT2D eigenvalue weighted by Crippen LogP contribution is -2.26. The number of ether oxygens (including phenoxy) is 2. The summed E-state index contributed by atoms with van der Waals surface area (Å²) in [6.45, 7) is 5.89. The van der Waals surface area contributed by atoms with Crippen LogP contribution in [0.5, 0.6) is 5.75 Å². The molecule has 30 heavy (non-hydrogen) atoms. The van der Waals surface area contributed by atoms with Gasteiger partial charge >= 0.3 is 5.97 Å². The van der Waals surface area contributed by atoms with Crippen LogP contribution >= 0.6 is 0 Å². The normalized spacial score (nSPS) is 15.3. The number of hydrogen-bond acceptors (Lipinski definition) is 4. The topological polar surface area (TPSA) is 64.6 Å². The van der Waals surface area contributed by atoms with E-state index < -0.39 is 5.41 Å². The molecule has 1 aliphatic heterocycles. The number of fused-ring (bicyclic) bond motifs is 1. The highest BCUT2D eigenvalue weighted by Crippen LogP contribution is 2.39. The third kappa shape index (κ3) is 5.02. The number of carbonyl (C=O) groups excluding carboxylic acids is 2. The van der Waals surface area contributed by atoms with Gasteiger partial charge in [-0.15, -0.1) is 0 Å². The highest BCUT2D eigenvalue weighted by Gasteiger charge is 2.38. The first-order valence-electron chi connectivity index (χ1n) is 10.6. The van der Waals surface area contributed by atoms with Crippen molar-refractivity contribution in [3.8, 4) is 5.75 Å². The van der Waals surface area contributed by atoms with Crippen LogP contribution in [0.15, 0.2) is 42.5 Å². The van der Waals surface area contributed by atoms with Crippen molar-refractivity contribution >= 4 is 17.6 Å². The Labute approximate surface area is 178 Å². The Morgan fingerprint density at radius 3 is 2.67 bits per heavy atom. The zero-order chi connectivity index (χ0) is 21.7. The molecule has 0 bridgehead atoms. The van der Waals surface area contributed by atoms with Gasteiger partial charge in [-0.2, -0.15) is 0 Å². The fraction of sp³-hybridized carbons (Fsp3) is 0.440. The van der Waals surface area contributed by atoms with E-state index in [1.54, 1.807) is 0 Å². The molecule has 0 fully saturated rings. The molecule has 2 aromatic rings. The van der Waals surface area contributed by atoms with E-state index in [1.165, 1.54) is 12.7 Å². The number of hydrogen-bond donors (Lipinski definition) is 1. The molecule has 0 saturated heterocycles. The van der Waals surface area contributed by atoms with Gasteiger partial charge in [-0.25, -0.2) is 0 Å². The van der Waals surface area contributed by atoms with E-state index >= 15 is 0 Å². The number of unbranched alkanes of at least 4 members (excludes halogenated alkanes) is 2. The summed E-state index contributed by atoms with van der Waals surface area (Å²) < 4.78 is 10.8. The van der Waals surface area contributed by atoms with Crippen molar-refractivity contribution < 1.29 is 19.1 Å². The predicted octanol–water partition coefficient (Wildman–Crippen LogP) is 5.33. The molecule has 160 valence electrons. The summed E-state index contributed by atoms with van der Waals surface area (Å²) in [7, 11) is 1.43. The predicted molar refractivity (Wildman–Crippen MR) is 118 cm³/mol. The third-order valence-electron chi connectivity index (χ3n) is 5.79. The Morgan fingerprint density at radius 2 is 1.90 bits per heavy atom. The van der Waals surface area contributed by atoms with Gasteiger partial charge in [0.05, 0.1) is 12.5 Å². The molecule has 0 saturated carbocycles. The second-order valence-corrected chi connectivity index (χ2v) is 8.43. The van der Waals surface area contributed by atoms with E-state index in [0.717, 1.165) is 48.2 Å². The average Bonchev–Trinajstić information content (AvgIpc) is 2.95. The van der Waals surface area contributed by atoms with Crippen LogP contribution in [0, 0.1) is 0 Å². The number of benzene rings is 2. The number of anilines is 1. The number of aryl methyl sites for hydroxylation is 1. The van der Waals surface area contributed by atoms with Crippen molar-refractivity contribution in [1.82, 2.24) is 0 Å². The lowest BCUT2D eigenvalue weighted by atomic mass is 9.86. The van der Waals surface area contributed by atoms with E-state index in [2.05, 4.69) is 34.3 Å². The lowest BCUT2D eigenvalue weighted by Gasteiger charge is -2.18. The molecule has 1 unspecified atom stereocenters. The van der Waals surface area contributed by atoms with Crippen LogP contribution in [0.1, 0.15) is 69.2 Å². The Morgan fingerprint density at radius 1 is 1.10 bits per heavy atom. The highest BCUT2D eigenvalue weighted by atomic mass is 16.5. The lowest BCUT2D eigenvalue weighted by molar-refractivity contribution is -0.140. The monoisotopic (exact) mass is 409 g/mol. The van der Waals surface area contributed by atoms with E-state index in [4.69, 9.17) is 4.74 Å². The third-order valence-corrected chi connectivity index (χ3v) is 5.79. The molecule has 1 aliphatic rings. The summed E-state index contributed by atoms with van der Waals surface area (Å²) in [5.41, 5.74) is 3.71.